The monoisotopic (exact) mass is 288 g/mol. The van der Waals surface area contributed by atoms with E-state index in [-0.39, 0.29) is 0 Å². The quantitative estimate of drug-likeness (QED) is 0.850. The van der Waals surface area contributed by atoms with Crippen LogP contribution in [0.15, 0.2) is 23.1 Å². The van der Waals surface area contributed by atoms with Gasteiger partial charge in [-0.1, -0.05) is 11.6 Å². The minimum absolute atomic E-state index is 0.541. The highest BCUT2D eigenvalue weighted by Gasteiger charge is 2.13. The Kier molecular flexibility index (Phi) is 5.00. The first-order chi connectivity index (χ1) is 8.66. The van der Waals surface area contributed by atoms with Crippen molar-refractivity contribution in [1.82, 2.24) is 4.90 Å². The highest BCUT2D eigenvalue weighted by atomic mass is 35.5. The number of hydrogen-bond acceptors (Lipinski definition) is 4. The molecule has 2 N–H and O–H groups in total. The van der Waals surface area contributed by atoms with Crippen molar-refractivity contribution >= 4 is 28.1 Å². The predicted octanol–water partition coefficient (Wildman–Crippen LogP) is 1.36. The molecule has 2 rings (SSSR count). The molecule has 4 nitrogen and oxygen atoms in total. The van der Waals surface area contributed by atoms with Gasteiger partial charge in [0.15, 0.2) is 0 Å². The van der Waals surface area contributed by atoms with E-state index in [0.717, 1.165) is 32.8 Å². The molecule has 0 aromatic heterocycles. The molecule has 1 fully saturated rings. The van der Waals surface area contributed by atoms with E-state index in [1.807, 2.05) is 0 Å². The third-order valence-corrected chi connectivity index (χ3v) is 4.55. The lowest BCUT2D eigenvalue weighted by molar-refractivity contribution is 0.0409. The molecular weight excluding hydrogens is 272 g/mol. The summed E-state index contributed by atoms with van der Waals surface area (Å²) in [7, 11) is -1.10. The highest BCUT2D eigenvalue weighted by Crippen LogP contribution is 2.21. The molecule has 1 saturated heterocycles. The maximum atomic E-state index is 12.2. The van der Waals surface area contributed by atoms with Crippen LogP contribution in [-0.2, 0) is 15.5 Å². The van der Waals surface area contributed by atoms with E-state index in [1.165, 1.54) is 0 Å². The van der Waals surface area contributed by atoms with Crippen LogP contribution in [0.25, 0.3) is 0 Å². The Balaban J connectivity index is 1.92. The fraction of sp³-hybridized carbons (Fsp3) is 0.500. The molecule has 1 unspecified atom stereocenters. The number of halogens is 1. The average molecular weight is 289 g/mol. The van der Waals surface area contributed by atoms with Crippen LogP contribution in [0.3, 0.4) is 0 Å². The number of rotatable bonds is 4. The number of nitrogens with zero attached hydrogens (tertiary/aromatic N) is 1. The summed E-state index contributed by atoms with van der Waals surface area (Å²) in [6.45, 7) is 4.12. The second-order valence-electron chi connectivity index (χ2n) is 4.19. The molecule has 0 aliphatic carbocycles. The molecule has 1 aliphatic rings. The Morgan fingerprint density at radius 2 is 2.11 bits per heavy atom. The van der Waals surface area contributed by atoms with Crippen LogP contribution >= 0.6 is 11.6 Å². The number of benzene rings is 1. The summed E-state index contributed by atoms with van der Waals surface area (Å²) in [6, 6.07) is 5.09. The summed E-state index contributed by atoms with van der Waals surface area (Å²) in [4.78, 5) is 2.89. The number of morpholine rings is 1. The fourth-order valence-corrected chi connectivity index (χ4v) is 3.32. The molecule has 0 bridgehead atoms. The maximum Gasteiger partial charge on any atom is 0.0632 e. The van der Waals surface area contributed by atoms with E-state index in [4.69, 9.17) is 22.1 Å². The number of hydrogen-bond donors (Lipinski definition) is 1. The van der Waals surface area contributed by atoms with Gasteiger partial charge in [-0.15, -0.1) is 0 Å². The molecule has 1 aliphatic heterocycles. The third kappa shape index (κ3) is 3.68. The van der Waals surface area contributed by atoms with E-state index in [2.05, 4.69) is 4.90 Å². The summed E-state index contributed by atoms with van der Waals surface area (Å²) >= 11 is 5.89. The topological polar surface area (TPSA) is 55.6 Å². The first kappa shape index (κ1) is 13.8. The molecule has 0 spiro atoms. The summed E-state index contributed by atoms with van der Waals surface area (Å²) < 4.78 is 17.4. The minimum atomic E-state index is -1.10. The second kappa shape index (κ2) is 6.52. The number of nitrogens with two attached hydrogens (primary N) is 1. The SMILES string of the molecule is Nc1ccc(Cl)cc1S(=O)CCN1CCOCC1. The van der Waals surface area contributed by atoms with Gasteiger partial charge in [0.2, 0.25) is 0 Å². The van der Waals surface area contributed by atoms with Gasteiger partial charge < -0.3 is 10.5 Å². The Morgan fingerprint density at radius 3 is 2.83 bits per heavy atom. The molecule has 1 aromatic carbocycles. The Labute approximate surface area is 115 Å². The van der Waals surface area contributed by atoms with Crippen LogP contribution < -0.4 is 5.73 Å². The Hall–Kier alpha value is -0.620. The zero-order valence-corrected chi connectivity index (χ0v) is 11.7. The summed E-state index contributed by atoms with van der Waals surface area (Å²) in [5.74, 6) is 0.574. The van der Waals surface area contributed by atoms with Gasteiger partial charge in [0, 0.05) is 36.1 Å². The summed E-state index contributed by atoms with van der Waals surface area (Å²) in [6.07, 6.45) is 0. The highest BCUT2D eigenvalue weighted by molar-refractivity contribution is 7.85. The van der Waals surface area contributed by atoms with Crippen molar-refractivity contribution in [1.29, 1.82) is 0 Å². The Bertz CT molecular complexity index is 436. The van der Waals surface area contributed by atoms with Crippen molar-refractivity contribution in [3.63, 3.8) is 0 Å². The average Bonchev–Trinajstić information content (AvgIpc) is 2.40. The van der Waals surface area contributed by atoms with Gasteiger partial charge >= 0.3 is 0 Å². The van der Waals surface area contributed by atoms with Crippen molar-refractivity contribution in [3.05, 3.63) is 23.2 Å². The first-order valence-electron chi connectivity index (χ1n) is 5.90. The maximum absolute atomic E-state index is 12.2. The summed E-state index contributed by atoms with van der Waals surface area (Å²) in [5, 5.41) is 0.568. The van der Waals surface area contributed by atoms with Crippen LogP contribution in [0.4, 0.5) is 5.69 Å². The van der Waals surface area contributed by atoms with Gasteiger partial charge in [0.05, 0.1) is 28.9 Å². The van der Waals surface area contributed by atoms with Crippen LogP contribution in [-0.4, -0.2) is 47.7 Å². The van der Waals surface area contributed by atoms with Crippen LogP contribution in [0.1, 0.15) is 0 Å². The largest absolute Gasteiger partial charge is 0.398 e. The molecule has 18 heavy (non-hydrogen) atoms. The lowest BCUT2D eigenvalue weighted by atomic mass is 10.3. The first-order valence-corrected chi connectivity index (χ1v) is 7.60. The van der Waals surface area contributed by atoms with Gasteiger partial charge in [-0.25, -0.2) is 0 Å². The van der Waals surface area contributed by atoms with E-state index >= 15 is 0 Å². The molecule has 1 aromatic rings. The van der Waals surface area contributed by atoms with Crippen LogP contribution in [0, 0.1) is 0 Å². The van der Waals surface area contributed by atoms with Gasteiger partial charge in [-0.2, -0.15) is 0 Å². The van der Waals surface area contributed by atoms with E-state index in [9.17, 15) is 4.21 Å². The number of anilines is 1. The predicted molar refractivity (Wildman–Crippen MR) is 74.4 cm³/mol. The van der Waals surface area contributed by atoms with Gasteiger partial charge in [0.1, 0.15) is 0 Å². The van der Waals surface area contributed by atoms with Crippen molar-refractivity contribution in [3.8, 4) is 0 Å². The Morgan fingerprint density at radius 1 is 1.39 bits per heavy atom. The molecule has 6 heteroatoms. The van der Waals surface area contributed by atoms with E-state index in [0.29, 0.717) is 21.4 Å². The van der Waals surface area contributed by atoms with E-state index in [1.54, 1.807) is 18.2 Å². The molecule has 0 amide bonds. The standard InChI is InChI=1S/C12H17ClN2O2S/c13-10-1-2-11(14)12(9-10)18(16)8-5-15-3-6-17-7-4-15/h1-2,9H,3-8,14H2. The smallest absolute Gasteiger partial charge is 0.0632 e. The second-order valence-corrected chi connectivity index (χ2v) is 6.16. The molecule has 0 radical (unpaired) electrons. The van der Waals surface area contributed by atoms with Crippen molar-refractivity contribution < 1.29 is 8.95 Å². The van der Waals surface area contributed by atoms with Crippen molar-refractivity contribution in [2.75, 3.05) is 44.3 Å². The lowest BCUT2D eigenvalue weighted by Crippen LogP contribution is -2.38. The van der Waals surface area contributed by atoms with Gasteiger partial charge in [-0.3, -0.25) is 9.11 Å². The zero-order chi connectivity index (χ0) is 13.0. The molecular formula is C12H17ClN2O2S. The normalized spacial score (nSPS) is 18.7. The van der Waals surface area contributed by atoms with Crippen LogP contribution in [0.5, 0.6) is 0 Å². The minimum Gasteiger partial charge on any atom is -0.398 e. The fourth-order valence-electron chi connectivity index (χ4n) is 1.85. The van der Waals surface area contributed by atoms with E-state index < -0.39 is 10.8 Å². The van der Waals surface area contributed by atoms with Crippen molar-refractivity contribution in [2.45, 2.75) is 4.90 Å². The van der Waals surface area contributed by atoms with Gasteiger partial charge in [-0.05, 0) is 18.2 Å². The molecule has 0 saturated carbocycles. The van der Waals surface area contributed by atoms with Crippen LogP contribution in [0.2, 0.25) is 5.02 Å². The third-order valence-electron chi connectivity index (χ3n) is 2.92. The number of ether oxygens (including phenoxy) is 1. The lowest BCUT2D eigenvalue weighted by Gasteiger charge is -2.26. The van der Waals surface area contributed by atoms with Gasteiger partial charge in [0.25, 0.3) is 0 Å². The molecule has 1 heterocycles. The molecule has 1 atom stereocenters. The molecule has 100 valence electrons. The number of nitrogen functional groups attached to an aromatic ring is 1. The zero-order valence-electron chi connectivity index (χ0n) is 10.1. The summed E-state index contributed by atoms with van der Waals surface area (Å²) in [5.41, 5.74) is 6.36. The van der Waals surface area contributed by atoms with Crippen molar-refractivity contribution in [2.24, 2.45) is 0 Å².